The van der Waals surface area contributed by atoms with E-state index in [1.54, 1.807) is 0 Å². The first-order chi connectivity index (χ1) is 18.5. The van der Waals surface area contributed by atoms with E-state index in [9.17, 15) is 4.79 Å². The van der Waals surface area contributed by atoms with Crippen molar-refractivity contribution in [2.75, 3.05) is 13.1 Å². The van der Waals surface area contributed by atoms with Crippen molar-refractivity contribution in [2.24, 2.45) is 5.92 Å². The summed E-state index contributed by atoms with van der Waals surface area (Å²) in [4.78, 5) is 30.4. The molecule has 4 aromatic rings. The van der Waals surface area contributed by atoms with Gasteiger partial charge in [-0.3, -0.25) is 4.79 Å². The van der Waals surface area contributed by atoms with Crippen LogP contribution in [0, 0.1) is 5.92 Å². The minimum absolute atomic E-state index is 0.187. The van der Waals surface area contributed by atoms with Gasteiger partial charge in [-0.2, -0.15) is 0 Å². The van der Waals surface area contributed by atoms with Crippen LogP contribution in [-0.4, -0.2) is 43.8 Å². The molecule has 7 heteroatoms. The van der Waals surface area contributed by atoms with Crippen molar-refractivity contribution in [1.82, 2.24) is 30.2 Å². The number of carbonyl (C=O) groups excluding carboxylic acids is 1. The molecular formula is C31H40N6O. The van der Waals surface area contributed by atoms with Gasteiger partial charge in [0.05, 0.1) is 36.9 Å². The number of nitrogens with zero attached hydrogens (tertiary/aromatic N) is 3. The second kappa shape index (κ2) is 13.2. The van der Waals surface area contributed by atoms with Gasteiger partial charge >= 0.3 is 0 Å². The molecule has 0 radical (unpaired) electrons. The Morgan fingerprint density at radius 2 is 1.34 bits per heavy atom. The number of H-pyrrole nitrogens is 2. The van der Waals surface area contributed by atoms with Crippen LogP contribution in [0.15, 0.2) is 60.9 Å². The van der Waals surface area contributed by atoms with Gasteiger partial charge in [0.1, 0.15) is 11.6 Å². The maximum absolute atomic E-state index is 12.6. The summed E-state index contributed by atoms with van der Waals surface area (Å²) in [7, 11) is 0. The molecule has 0 aliphatic rings. The molecule has 2 aromatic carbocycles. The number of rotatable bonds is 13. The van der Waals surface area contributed by atoms with Gasteiger partial charge in [-0.05, 0) is 47.6 Å². The quantitative estimate of drug-likeness (QED) is 0.180. The van der Waals surface area contributed by atoms with Crippen LogP contribution >= 0.6 is 0 Å². The number of hydrogen-bond acceptors (Lipinski definition) is 4. The molecule has 2 aromatic heterocycles. The largest absolute Gasteiger partial charge is 0.341 e. The predicted molar refractivity (Wildman–Crippen MR) is 154 cm³/mol. The molecule has 0 aliphatic carbocycles. The van der Waals surface area contributed by atoms with E-state index in [0.29, 0.717) is 18.9 Å². The first-order valence-corrected chi connectivity index (χ1v) is 13.7. The van der Waals surface area contributed by atoms with Crippen molar-refractivity contribution in [1.29, 1.82) is 0 Å². The highest BCUT2D eigenvalue weighted by Gasteiger charge is 2.16. The normalized spacial score (nSPS) is 11.3. The molecular weight excluding hydrogens is 472 g/mol. The molecule has 1 amide bonds. The van der Waals surface area contributed by atoms with Crippen LogP contribution in [-0.2, 0) is 17.9 Å². The van der Waals surface area contributed by atoms with Crippen LogP contribution in [0.25, 0.3) is 33.6 Å². The number of aromatic nitrogens is 4. The lowest BCUT2D eigenvalue weighted by molar-refractivity contribution is -0.132. The third-order valence-corrected chi connectivity index (χ3v) is 6.47. The Kier molecular flexibility index (Phi) is 9.49. The van der Waals surface area contributed by atoms with Gasteiger partial charge in [-0.25, -0.2) is 9.97 Å². The van der Waals surface area contributed by atoms with Crippen molar-refractivity contribution in [3.8, 4) is 33.6 Å². The van der Waals surface area contributed by atoms with Crippen LogP contribution in [0.3, 0.4) is 0 Å². The summed E-state index contributed by atoms with van der Waals surface area (Å²) in [5.41, 5.74) is 6.49. The monoisotopic (exact) mass is 512 g/mol. The highest BCUT2D eigenvalue weighted by atomic mass is 16.2. The second-order valence-electron chi connectivity index (χ2n) is 10.2. The Hall–Kier alpha value is -3.71. The van der Waals surface area contributed by atoms with Crippen LogP contribution < -0.4 is 5.32 Å². The lowest BCUT2D eigenvalue weighted by Crippen LogP contribution is -2.32. The Labute approximate surface area is 226 Å². The van der Waals surface area contributed by atoms with Crippen molar-refractivity contribution in [2.45, 2.75) is 60.0 Å². The molecule has 7 nitrogen and oxygen atoms in total. The summed E-state index contributed by atoms with van der Waals surface area (Å²) >= 11 is 0. The van der Waals surface area contributed by atoms with Crippen LogP contribution in [0.4, 0.5) is 0 Å². The van der Waals surface area contributed by atoms with E-state index in [-0.39, 0.29) is 5.91 Å². The van der Waals surface area contributed by atoms with Crippen LogP contribution in [0.5, 0.6) is 0 Å². The minimum Gasteiger partial charge on any atom is -0.341 e. The zero-order valence-corrected chi connectivity index (χ0v) is 23.1. The van der Waals surface area contributed by atoms with E-state index in [0.717, 1.165) is 77.8 Å². The molecule has 0 saturated heterocycles. The Morgan fingerprint density at radius 1 is 0.816 bits per heavy atom. The summed E-state index contributed by atoms with van der Waals surface area (Å²) in [5.74, 6) is 2.30. The highest BCUT2D eigenvalue weighted by molar-refractivity contribution is 5.76. The molecule has 2 heterocycles. The van der Waals surface area contributed by atoms with Gasteiger partial charge in [0, 0.05) is 13.0 Å². The van der Waals surface area contributed by atoms with Crippen molar-refractivity contribution in [3.63, 3.8) is 0 Å². The van der Waals surface area contributed by atoms with E-state index in [1.165, 1.54) is 0 Å². The number of aromatic amines is 2. The Morgan fingerprint density at radius 3 is 1.87 bits per heavy atom. The molecule has 38 heavy (non-hydrogen) atoms. The summed E-state index contributed by atoms with van der Waals surface area (Å²) in [6.07, 6.45) is 6.35. The molecule has 0 atom stereocenters. The lowest BCUT2D eigenvalue weighted by atomic mass is 10.0. The molecule has 0 spiro atoms. The van der Waals surface area contributed by atoms with Gasteiger partial charge in [-0.15, -0.1) is 0 Å². The number of amides is 1. The third-order valence-electron chi connectivity index (χ3n) is 6.47. The predicted octanol–water partition coefficient (Wildman–Crippen LogP) is 6.42. The molecule has 0 saturated carbocycles. The SMILES string of the molecule is CCCNCc1ncc(-c2ccc(-c3ccc(-c4cnc(CN(CCC)C(=O)CC(C)C)[nH]4)cc3)cc2)[nH]1. The highest BCUT2D eigenvalue weighted by Crippen LogP contribution is 2.27. The van der Waals surface area contributed by atoms with Gasteiger partial charge in [0.15, 0.2) is 0 Å². The summed E-state index contributed by atoms with van der Waals surface area (Å²) in [6.45, 7) is 11.4. The fourth-order valence-electron chi connectivity index (χ4n) is 4.48. The topological polar surface area (TPSA) is 89.7 Å². The summed E-state index contributed by atoms with van der Waals surface area (Å²) < 4.78 is 0. The lowest BCUT2D eigenvalue weighted by Gasteiger charge is -2.22. The average Bonchev–Trinajstić information content (AvgIpc) is 3.59. The number of hydrogen-bond donors (Lipinski definition) is 3. The average molecular weight is 513 g/mol. The molecule has 0 fully saturated rings. The smallest absolute Gasteiger partial charge is 0.223 e. The molecule has 0 aliphatic heterocycles. The number of imidazole rings is 2. The van der Waals surface area contributed by atoms with Crippen LogP contribution in [0.2, 0.25) is 0 Å². The van der Waals surface area contributed by atoms with Gasteiger partial charge in [-0.1, -0.05) is 76.2 Å². The Bertz CT molecular complexity index is 1290. The Balaban J connectivity index is 1.40. The summed E-state index contributed by atoms with van der Waals surface area (Å²) in [6, 6.07) is 17.0. The van der Waals surface area contributed by atoms with Crippen LogP contribution in [0.1, 0.15) is 58.6 Å². The maximum atomic E-state index is 12.6. The fraction of sp³-hybridized carbons (Fsp3) is 0.387. The van der Waals surface area contributed by atoms with Crippen molar-refractivity contribution >= 4 is 5.91 Å². The molecule has 0 bridgehead atoms. The number of carbonyl (C=O) groups is 1. The number of nitrogens with one attached hydrogen (secondary N) is 3. The second-order valence-corrected chi connectivity index (χ2v) is 10.2. The van der Waals surface area contributed by atoms with E-state index >= 15 is 0 Å². The molecule has 0 unspecified atom stereocenters. The third kappa shape index (κ3) is 7.19. The van der Waals surface area contributed by atoms with Crippen molar-refractivity contribution < 1.29 is 4.79 Å². The zero-order chi connectivity index (χ0) is 26.9. The number of benzene rings is 2. The van der Waals surface area contributed by atoms with Gasteiger partial charge in [0.2, 0.25) is 5.91 Å². The standard InChI is InChI=1S/C31H40N6O/c1-5-15-32-20-29-33-18-27(35-29)25-11-7-23(8-12-25)24-9-13-26(14-10-24)28-19-34-30(36-28)21-37(16-6-2)31(38)17-22(3)4/h7-14,18-19,22,32H,5-6,15-17,20-21H2,1-4H3,(H,33,35)(H,34,36). The van der Waals surface area contributed by atoms with Crippen molar-refractivity contribution in [3.05, 3.63) is 72.6 Å². The van der Waals surface area contributed by atoms with E-state index < -0.39 is 0 Å². The molecule has 3 N–H and O–H groups in total. The first-order valence-electron chi connectivity index (χ1n) is 13.7. The zero-order valence-electron chi connectivity index (χ0n) is 23.1. The minimum atomic E-state index is 0.187. The van der Waals surface area contributed by atoms with Gasteiger partial charge < -0.3 is 20.2 Å². The van der Waals surface area contributed by atoms with E-state index in [2.05, 4.69) is 101 Å². The summed E-state index contributed by atoms with van der Waals surface area (Å²) in [5, 5.41) is 3.37. The fourth-order valence-corrected chi connectivity index (χ4v) is 4.48. The van der Waals surface area contributed by atoms with E-state index in [1.807, 2.05) is 17.3 Å². The molecule has 4 rings (SSSR count). The maximum Gasteiger partial charge on any atom is 0.223 e. The van der Waals surface area contributed by atoms with Gasteiger partial charge in [0.25, 0.3) is 0 Å². The molecule has 200 valence electrons. The first kappa shape index (κ1) is 27.3. The van der Waals surface area contributed by atoms with E-state index in [4.69, 9.17) is 0 Å².